The van der Waals surface area contributed by atoms with Crippen LogP contribution >= 0.6 is 11.8 Å². The van der Waals surface area contributed by atoms with Crippen LogP contribution < -0.4 is 15.4 Å². The van der Waals surface area contributed by atoms with Crippen molar-refractivity contribution in [3.05, 3.63) is 53.8 Å². The van der Waals surface area contributed by atoms with Crippen molar-refractivity contribution in [3.63, 3.8) is 0 Å². The maximum absolute atomic E-state index is 13.4. The van der Waals surface area contributed by atoms with Gasteiger partial charge in [-0.15, -0.1) is 11.8 Å². The van der Waals surface area contributed by atoms with Gasteiger partial charge >= 0.3 is 0 Å². The fourth-order valence-corrected chi connectivity index (χ4v) is 3.13. The van der Waals surface area contributed by atoms with E-state index in [4.69, 9.17) is 4.74 Å². The van der Waals surface area contributed by atoms with Gasteiger partial charge in [-0.1, -0.05) is 12.1 Å². The third-order valence-electron chi connectivity index (χ3n) is 3.58. The lowest BCUT2D eigenvalue weighted by Gasteiger charge is -2.17. The Kier molecular flexibility index (Phi) is 5.55. The molecule has 1 aliphatic heterocycles. The molecular formula is C18H17FN2O3S. The predicted molar refractivity (Wildman–Crippen MR) is 94.6 cm³/mol. The van der Waals surface area contributed by atoms with E-state index in [1.807, 2.05) is 6.07 Å². The normalized spacial score (nSPS) is 12.9. The zero-order valence-corrected chi connectivity index (χ0v) is 14.2. The topological polar surface area (TPSA) is 67.4 Å². The van der Waals surface area contributed by atoms with Gasteiger partial charge in [0.1, 0.15) is 0 Å². The Morgan fingerprint density at radius 3 is 2.96 bits per heavy atom. The number of nitrogens with one attached hydrogen (secondary N) is 2. The summed E-state index contributed by atoms with van der Waals surface area (Å²) in [5.74, 6) is -0.100. The molecule has 0 aliphatic carbocycles. The summed E-state index contributed by atoms with van der Waals surface area (Å²) in [7, 11) is 0. The van der Waals surface area contributed by atoms with Crippen LogP contribution in [0, 0.1) is 5.82 Å². The molecule has 0 bridgehead atoms. The van der Waals surface area contributed by atoms with E-state index in [1.165, 1.54) is 17.8 Å². The summed E-state index contributed by atoms with van der Waals surface area (Å²) in [6.07, 6.45) is 0.553. The van der Waals surface area contributed by atoms with Crippen molar-refractivity contribution in [1.82, 2.24) is 5.32 Å². The van der Waals surface area contributed by atoms with Crippen LogP contribution in [0.15, 0.2) is 47.4 Å². The molecule has 130 valence electrons. The number of benzene rings is 2. The Morgan fingerprint density at radius 2 is 2.12 bits per heavy atom. The largest absolute Gasteiger partial charge is 0.490 e. The molecule has 25 heavy (non-hydrogen) atoms. The molecule has 1 aliphatic rings. The highest BCUT2D eigenvalue weighted by Crippen LogP contribution is 2.31. The van der Waals surface area contributed by atoms with Crippen molar-refractivity contribution in [2.24, 2.45) is 0 Å². The number of para-hydroxylation sites is 1. The molecule has 0 aromatic heterocycles. The molecule has 7 heteroatoms. The van der Waals surface area contributed by atoms with E-state index in [-0.39, 0.29) is 17.6 Å². The maximum atomic E-state index is 13.4. The number of ether oxygens (including phenoxy) is 1. The first-order chi connectivity index (χ1) is 12.1. The summed E-state index contributed by atoms with van der Waals surface area (Å²) in [4.78, 5) is 24.5. The predicted octanol–water partition coefficient (Wildman–Crippen LogP) is 3.07. The monoisotopic (exact) mass is 360 g/mol. The maximum Gasteiger partial charge on any atom is 0.251 e. The SMILES string of the molecule is O=C1CSc2ccc(C(=O)NCCCOc3ccccc3F)cc2N1. The minimum atomic E-state index is -0.402. The number of hydrogen-bond donors (Lipinski definition) is 2. The van der Waals surface area contributed by atoms with Gasteiger partial charge in [0.15, 0.2) is 11.6 Å². The number of rotatable bonds is 6. The zero-order chi connectivity index (χ0) is 17.6. The van der Waals surface area contributed by atoms with Crippen LogP contribution in [-0.4, -0.2) is 30.7 Å². The van der Waals surface area contributed by atoms with E-state index in [1.54, 1.807) is 30.3 Å². The summed E-state index contributed by atoms with van der Waals surface area (Å²) in [5.41, 5.74) is 1.15. The molecule has 0 fully saturated rings. The highest BCUT2D eigenvalue weighted by atomic mass is 32.2. The van der Waals surface area contributed by atoms with Gasteiger partial charge in [-0.05, 0) is 36.8 Å². The molecule has 2 N–H and O–H groups in total. The lowest BCUT2D eigenvalue weighted by molar-refractivity contribution is -0.113. The van der Waals surface area contributed by atoms with Crippen molar-refractivity contribution < 1.29 is 18.7 Å². The van der Waals surface area contributed by atoms with Crippen LogP contribution in [0.25, 0.3) is 0 Å². The molecular weight excluding hydrogens is 343 g/mol. The first-order valence-corrected chi connectivity index (χ1v) is 8.84. The van der Waals surface area contributed by atoms with E-state index >= 15 is 0 Å². The molecule has 0 saturated heterocycles. The second kappa shape index (κ2) is 8.02. The van der Waals surface area contributed by atoms with Crippen molar-refractivity contribution in [1.29, 1.82) is 0 Å². The van der Waals surface area contributed by atoms with Gasteiger partial charge in [-0.2, -0.15) is 0 Å². The average molecular weight is 360 g/mol. The minimum Gasteiger partial charge on any atom is -0.490 e. The Balaban J connectivity index is 1.46. The first kappa shape index (κ1) is 17.3. The van der Waals surface area contributed by atoms with Gasteiger partial charge in [-0.3, -0.25) is 9.59 Å². The van der Waals surface area contributed by atoms with Crippen LogP contribution in [-0.2, 0) is 4.79 Å². The van der Waals surface area contributed by atoms with Crippen molar-refractivity contribution in [2.45, 2.75) is 11.3 Å². The second-order valence-electron chi connectivity index (χ2n) is 5.44. The van der Waals surface area contributed by atoms with Crippen LogP contribution in [0.3, 0.4) is 0 Å². The lowest BCUT2D eigenvalue weighted by Crippen LogP contribution is -2.26. The Labute approximate surface area is 148 Å². The number of fused-ring (bicyclic) bond motifs is 1. The number of amides is 2. The van der Waals surface area contributed by atoms with Crippen molar-refractivity contribution >= 4 is 29.3 Å². The minimum absolute atomic E-state index is 0.0691. The average Bonchev–Trinajstić information content (AvgIpc) is 2.62. The van der Waals surface area contributed by atoms with Gasteiger partial charge in [0.2, 0.25) is 5.91 Å². The molecule has 2 amide bonds. The van der Waals surface area contributed by atoms with Gasteiger partial charge in [0, 0.05) is 17.0 Å². The summed E-state index contributed by atoms with van der Waals surface area (Å²) < 4.78 is 18.7. The molecule has 5 nitrogen and oxygen atoms in total. The summed E-state index contributed by atoms with van der Waals surface area (Å²) in [5, 5.41) is 5.55. The number of halogens is 1. The van der Waals surface area contributed by atoms with Gasteiger partial charge in [-0.25, -0.2) is 4.39 Å². The lowest BCUT2D eigenvalue weighted by atomic mass is 10.2. The fraction of sp³-hybridized carbons (Fsp3) is 0.222. The molecule has 0 radical (unpaired) electrons. The summed E-state index contributed by atoms with van der Waals surface area (Å²) in [6, 6.07) is 11.4. The third-order valence-corrected chi connectivity index (χ3v) is 4.65. The van der Waals surface area contributed by atoms with Crippen LogP contribution in [0.4, 0.5) is 10.1 Å². The highest BCUT2D eigenvalue weighted by Gasteiger charge is 2.17. The van der Waals surface area contributed by atoms with Crippen molar-refractivity contribution in [2.75, 3.05) is 24.2 Å². The van der Waals surface area contributed by atoms with Crippen LogP contribution in [0.1, 0.15) is 16.8 Å². The van der Waals surface area contributed by atoms with Crippen molar-refractivity contribution in [3.8, 4) is 5.75 Å². The molecule has 3 rings (SSSR count). The van der Waals surface area contributed by atoms with E-state index in [2.05, 4.69) is 10.6 Å². The Bertz CT molecular complexity index is 798. The third kappa shape index (κ3) is 4.51. The second-order valence-corrected chi connectivity index (χ2v) is 6.45. The van der Waals surface area contributed by atoms with Crippen LogP contribution in [0.5, 0.6) is 5.75 Å². The van der Waals surface area contributed by atoms with E-state index < -0.39 is 5.82 Å². The van der Waals surface area contributed by atoms with Gasteiger partial charge < -0.3 is 15.4 Å². The van der Waals surface area contributed by atoms with Gasteiger partial charge in [0.25, 0.3) is 5.91 Å². The molecule has 2 aromatic rings. The molecule has 0 atom stereocenters. The molecule has 1 heterocycles. The zero-order valence-electron chi connectivity index (χ0n) is 13.4. The number of anilines is 1. The highest BCUT2D eigenvalue weighted by molar-refractivity contribution is 8.00. The molecule has 2 aromatic carbocycles. The molecule has 0 saturated carbocycles. The summed E-state index contributed by atoms with van der Waals surface area (Å²) >= 11 is 1.45. The molecule has 0 unspecified atom stereocenters. The first-order valence-electron chi connectivity index (χ1n) is 7.86. The molecule has 0 spiro atoms. The van der Waals surface area contributed by atoms with E-state index in [9.17, 15) is 14.0 Å². The number of carbonyl (C=O) groups is 2. The number of carbonyl (C=O) groups excluding carboxylic acids is 2. The summed E-state index contributed by atoms with van der Waals surface area (Å²) in [6.45, 7) is 0.712. The Hall–Kier alpha value is -2.54. The van der Waals surface area contributed by atoms with Gasteiger partial charge in [0.05, 0.1) is 18.0 Å². The smallest absolute Gasteiger partial charge is 0.251 e. The van der Waals surface area contributed by atoms with Crippen LogP contribution in [0.2, 0.25) is 0 Å². The number of thioether (sulfide) groups is 1. The van der Waals surface area contributed by atoms with E-state index in [0.29, 0.717) is 36.6 Å². The standard InChI is InChI=1S/C18H17FN2O3S/c19-13-4-1-2-5-15(13)24-9-3-8-20-18(23)12-6-7-16-14(10-12)21-17(22)11-25-16/h1-2,4-7,10H,3,8-9,11H2,(H,20,23)(H,21,22). The fourth-order valence-electron chi connectivity index (χ4n) is 2.34. The van der Waals surface area contributed by atoms with E-state index in [0.717, 1.165) is 4.90 Å². The Morgan fingerprint density at radius 1 is 1.28 bits per heavy atom. The quantitative estimate of drug-likeness (QED) is 0.777. The number of hydrogen-bond acceptors (Lipinski definition) is 4.